The van der Waals surface area contributed by atoms with Crippen LogP contribution in [0.1, 0.15) is 5.69 Å². The number of hydrogen-bond acceptors (Lipinski definition) is 5. The molecule has 1 heterocycles. The van der Waals surface area contributed by atoms with Crippen LogP contribution in [-0.2, 0) is 0 Å². The lowest BCUT2D eigenvalue weighted by Crippen LogP contribution is -2.26. The number of hydrogen-bond donors (Lipinski definition) is 2. The fourth-order valence-electron chi connectivity index (χ4n) is 1.58. The van der Waals surface area contributed by atoms with Gasteiger partial charge in [0.05, 0.1) is 16.4 Å². The van der Waals surface area contributed by atoms with Crippen molar-refractivity contribution in [3.8, 4) is 5.75 Å². The molecule has 6 heteroatoms. The summed E-state index contributed by atoms with van der Waals surface area (Å²) in [6.45, 7) is 2.42. The maximum absolute atomic E-state index is 9.88. The summed E-state index contributed by atoms with van der Waals surface area (Å²) in [4.78, 5) is 8.27. The normalized spacial score (nSPS) is 11.9. The van der Waals surface area contributed by atoms with Crippen LogP contribution in [0.25, 0.3) is 0 Å². The summed E-state index contributed by atoms with van der Waals surface area (Å²) in [6.07, 6.45) is 2.66. The smallest absolute Gasteiger partial charge is 0.144 e. The molecule has 0 aliphatic heterocycles. The van der Waals surface area contributed by atoms with Crippen molar-refractivity contribution in [3.63, 3.8) is 0 Å². The van der Waals surface area contributed by atoms with Crippen LogP contribution in [0.15, 0.2) is 41.1 Å². The van der Waals surface area contributed by atoms with Gasteiger partial charge in [-0.15, -0.1) is 0 Å². The number of halogens is 1. The van der Waals surface area contributed by atoms with Crippen molar-refractivity contribution in [1.82, 2.24) is 9.97 Å². The zero-order valence-electron chi connectivity index (χ0n) is 11.1. The maximum Gasteiger partial charge on any atom is 0.144 e. The van der Waals surface area contributed by atoms with Gasteiger partial charge in [0.15, 0.2) is 0 Å². The van der Waals surface area contributed by atoms with Crippen LogP contribution in [-0.4, -0.2) is 34.3 Å². The number of nitrogens with zero attached hydrogens (tertiary/aromatic N) is 2. The second-order valence-electron chi connectivity index (χ2n) is 4.32. The average Bonchev–Trinajstić information content (AvgIpc) is 2.44. The van der Waals surface area contributed by atoms with Crippen LogP contribution < -0.4 is 10.1 Å². The van der Waals surface area contributed by atoms with Crippen LogP contribution in [0, 0.1) is 6.92 Å². The first-order valence-corrected chi connectivity index (χ1v) is 7.02. The number of aryl methyl sites for hydroxylation is 1. The van der Waals surface area contributed by atoms with E-state index in [1.807, 2.05) is 31.2 Å². The molecule has 0 amide bonds. The summed E-state index contributed by atoms with van der Waals surface area (Å²) < 4.78 is 6.40. The molecule has 0 spiro atoms. The van der Waals surface area contributed by atoms with E-state index in [1.165, 1.54) is 0 Å². The molecular weight excluding hydrogens is 322 g/mol. The second kappa shape index (κ2) is 7.21. The molecule has 20 heavy (non-hydrogen) atoms. The van der Waals surface area contributed by atoms with Gasteiger partial charge in [-0.2, -0.15) is 0 Å². The Labute approximate surface area is 126 Å². The number of aromatic nitrogens is 2. The minimum absolute atomic E-state index is 0.203. The van der Waals surface area contributed by atoms with E-state index in [1.54, 1.807) is 12.4 Å². The number of aliphatic hydroxyl groups is 1. The number of benzene rings is 1. The molecule has 2 N–H and O–H groups in total. The van der Waals surface area contributed by atoms with E-state index in [-0.39, 0.29) is 6.61 Å². The van der Waals surface area contributed by atoms with E-state index in [4.69, 9.17) is 4.74 Å². The third-order valence-corrected chi connectivity index (χ3v) is 3.20. The van der Waals surface area contributed by atoms with Gasteiger partial charge in [0, 0.05) is 12.7 Å². The average molecular weight is 338 g/mol. The Kier molecular flexibility index (Phi) is 5.31. The molecule has 1 aromatic heterocycles. The van der Waals surface area contributed by atoms with Crippen LogP contribution >= 0.6 is 15.9 Å². The number of ether oxygens (including phenoxy) is 1. The first kappa shape index (κ1) is 14.7. The molecule has 2 aromatic rings. The van der Waals surface area contributed by atoms with E-state index < -0.39 is 6.10 Å². The Morgan fingerprint density at radius 1 is 1.35 bits per heavy atom. The summed E-state index contributed by atoms with van der Waals surface area (Å²) in [5.74, 6) is 1.35. The Bertz CT molecular complexity index is 566. The van der Waals surface area contributed by atoms with Gasteiger partial charge < -0.3 is 15.2 Å². The fourth-order valence-corrected chi connectivity index (χ4v) is 1.98. The Morgan fingerprint density at radius 3 is 2.90 bits per heavy atom. The van der Waals surface area contributed by atoms with Crippen molar-refractivity contribution in [2.75, 3.05) is 18.5 Å². The lowest BCUT2D eigenvalue weighted by atomic mass is 10.3. The molecule has 0 saturated carbocycles. The van der Waals surface area contributed by atoms with E-state index >= 15 is 0 Å². The molecule has 0 fully saturated rings. The zero-order chi connectivity index (χ0) is 14.4. The van der Waals surface area contributed by atoms with Crippen LogP contribution in [0.3, 0.4) is 0 Å². The number of aliphatic hydroxyl groups excluding tert-OH is 1. The standard InChI is InChI=1S/C14H16BrN3O2/c1-10-6-16-8-14(18-10)17-7-11(19)9-20-13-5-3-2-4-12(13)15/h2-6,8,11,19H,7,9H2,1H3,(H,17,18). The Balaban J connectivity index is 1.78. The largest absolute Gasteiger partial charge is 0.490 e. The van der Waals surface area contributed by atoms with Crippen LogP contribution in [0.2, 0.25) is 0 Å². The molecule has 5 nitrogen and oxygen atoms in total. The summed E-state index contributed by atoms with van der Waals surface area (Å²) in [6, 6.07) is 7.52. The van der Waals surface area contributed by atoms with Gasteiger partial charge >= 0.3 is 0 Å². The predicted octanol–water partition coefficient (Wildman–Crippen LogP) is 2.40. The topological polar surface area (TPSA) is 67.3 Å². The Morgan fingerprint density at radius 2 is 2.15 bits per heavy atom. The van der Waals surface area contributed by atoms with E-state index in [2.05, 4.69) is 31.2 Å². The second-order valence-corrected chi connectivity index (χ2v) is 5.18. The summed E-state index contributed by atoms with van der Waals surface area (Å²) in [5, 5.41) is 12.9. The van der Waals surface area contributed by atoms with Crippen LogP contribution in [0.5, 0.6) is 5.75 Å². The first-order valence-electron chi connectivity index (χ1n) is 6.23. The quantitative estimate of drug-likeness (QED) is 0.847. The lowest BCUT2D eigenvalue weighted by molar-refractivity contribution is 0.117. The van der Waals surface area contributed by atoms with Gasteiger partial charge in [0.1, 0.15) is 24.3 Å². The molecule has 0 bridgehead atoms. The van der Waals surface area contributed by atoms with Crippen molar-refractivity contribution in [2.45, 2.75) is 13.0 Å². The van der Waals surface area contributed by atoms with Crippen molar-refractivity contribution >= 4 is 21.7 Å². The first-order chi connectivity index (χ1) is 9.65. The number of anilines is 1. The van der Waals surface area contributed by atoms with Crippen molar-refractivity contribution < 1.29 is 9.84 Å². The molecule has 0 aliphatic carbocycles. The highest BCUT2D eigenvalue weighted by atomic mass is 79.9. The monoisotopic (exact) mass is 337 g/mol. The van der Waals surface area contributed by atoms with E-state index in [9.17, 15) is 5.11 Å². The van der Waals surface area contributed by atoms with Crippen molar-refractivity contribution in [3.05, 3.63) is 46.8 Å². The highest BCUT2D eigenvalue weighted by Crippen LogP contribution is 2.23. The minimum atomic E-state index is -0.635. The molecule has 0 aliphatic rings. The molecule has 1 unspecified atom stereocenters. The van der Waals surface area contributed by atoms with Gasteiger partial charge in [-0.3, -0.25) is 4.98 Å². The third-order valence-electron chi connectivity index (χ3n) is 2.54. The van der Waals surface area contributed by atoms with Gasteiger partial charge in [-0.25, -0.2) is 4.98 Å². The summed E-state index contributed by atoms with van der Waals surface area (Å²) in [7, 11) is 0. The van der Waals surface area contributed by atoms with Crippen molar-refractivity contribution in [2.24, 2.45) is 0 Å². The zero-order valence-corrected chi connectivity index (χ0v) is 12.7. The molecule has 0 radical (unpaired) electrons. The fraction of sp³-hybridized carbons (Fsp3) is 0.286. The van der Waals surface area contributed by atoms with Crippen molar-refractivity contribution in [1.29, 1.82) is 0 Å². The van der Waals surface area contributed by atoms with E-state index in [0.717, 1.165) is 10.2 Å². The summed E-state index contributed by atoms with van der Waals surface area (Å²) in [5.41, 5.74) is 0.828. The molecule has 1 aromatic carbocycles. The molecule has 1 atom stereocenters. The maximum atomic E-state index is 9.88. The lowest BCUT2D eigenvalue weighted by Gasteiger charge is -2.14. The van der Waals surface area contributed by atoms with Gasteiger partial charge in [-0.1, -0.05) is 12.1 Å². The van der Waals surface area contributed by atoms with Gasteiger partial charge in [0.25, 0.3) is 0 Å². The highest BCUT2D eigenvalue weighted by Gasteiger charge is 2.07. The minimum Gasteiger partial charge on any atom is -0.490 e. The van der Waals surface area contributed by atoms with E-state index in [0.29, 0.717) is 18.1 Å². The highest BCUT2D eigenvalue weighted by molar-refractivity contribution is 9.10. The number of para-hydroxylation sites is 1. The van der Waals surface area contributed by atoms with Gasteiger partial charge in [-0.05, 0) is 35.0 Å². The number of nitrogens with one attached hydrogen (secondary N) is 1. The molecule has 0 saturated heterocycles. The summed E-state index contributed by atoms with van der Waals surface area (Å²) >= 11 is 3.39. The van der Waals surface area contributed by atoms with Crippen LogP contribution in [0.4, 0.5) is 5.82 Å². The molecule has 2 rings (SSSR count). The molecule has 106 valence electrons. The number of rotatable bonds is 6. The predicted molar refractivity (Wildman–Crippen MR) is 80.9 cm³/mol. The third kappa shape index (κ3) is 4.47. The Hall–Kier alpha value is -1.66. The SMILES string of the molecule is Cc1cncc(NCC(O)COc2ccccc2Br)n1. The molecular formula is C14H16BrN3O2. The van der Waals surface area contributed by atoms with Gasteiger partial charge in [0.2, 0.25) is 0 Å².